The van der Waals surface area contributed by atoms with Gasteiger partial charge in [-0.2, -0.15) is 5.10 Å². The molecule has 0 bridgehead atoms. The lowest BCUT2D eigenvalue weighted by Crippen LogP contribution is -2.08. The highest BCUT2D eigenvalue weighted by molar-refractivity contribution is 5.83. The molecule has 3 nitrogen and oxygen atoms in total. The van der Waals surface area contributed by atoms with Crippen LogP contribution in [-0.4, -0.2) is 15.6 Å². The summed E-state index contributed by atoms with van der Waals surface area (Å²) in [7, 11) is 1.86. The lowest BCUT2D eigenvalue weighted by atomic mass is 10.0. The van der Waals surface area contributed by atoms with Crippen molar-refractivity contribution in [3.8, 4) is 0 Å². The van der Waals surface area contributed by atoms with E-state index in [2.05, 4.69) is 5.10 Å². The molecule has 17 heavy (non-hydrogen) atoms. The molecule has 2 rings (SSSR count). The number of nitrogens with zero attached hydrogens (tertiary/aromatic N) is 2. The molecule has 1 heterocycles. The first kappa shape index (κ1) is 11.6. The number of ketones is 1. The van der Waals surface area contributed by atoms with Crippen LogP contribution in [0.1, 0.15) is 16.8 Å². The van der Waals surface area contributed by atoms with Crippen LogP contribution in [0.5, 0.6) is 0 Å². The Morgan fingerprint density at radius 1 is 1.24 bits per heavy atom. The minimum Gasteiger partial charge on any atom is -0.299 e. The van der Waals surface area contributed by atoms with Gasteiger partial charge < -0.3 is 0 Å². The van der Waals surface area contributed by atoms with Crippen LogP contribution in [0.3, 0.4) is 0 Å². The average molecular weight is 228 g/mol. The first-order valence-electron chi connectivity index (χ1n) is 5.70. The Morgan fingerprint density at radius 3 is 2.65 bits per heavy atom. The normalized spacial score (nSPS) is 10.5. The number of aryl methyl sites for hydroxylation is 2. The van der Waals surface area contributed by atoms with Crippen molar-refractivity contribution >= 4 is 5.78 Å². The van der Waals surface area contributed by atoms with Crippen molar-refractivity contribution in [3.05, 3.63) is 53.3 Å². The standard InChI is InChI=1S/C14H16N2O/c1-11-5-3-4-6-12(11)9-14(17)10-13-7-8-16(2)15-13/h3-8H,9-10H2,1-2H3. The molecule has 0 amide bonds. The molecular weight excluding hydrogens is 212 g/mol. The molecule has 0 radical (unpaired) electrons. The fraction of sp³-hybridized carbons (Fsp3) is 0.286. The van der Waals surface area contributed by atoms with Gasteiger partial charge in [0.15, 0.2) is 0 Å². The second-order valence-electron chi connectivity index (χ2n) is 4.30. The summed E-state index contributed by atoms with van der Waals surface area (Å²) in [5, 5.41) is 4.21. The molecular formula is C14H16N2O. The summed E-state index contributed by atoms with van der Waals surface area (Å²) in [5.41, 5.74) is 3.11. The van der Waals surface area contributed by atoms with Gasteiger partial charge in [0, 0.05) is 19.7 Å². The van der Waals surface area contributed by atoms with Gasteiger partial charge >= 0.3 is 0 Å². The topological polar surface area (TPSA) is 34.9 Å². The van der Waals surface area contributed by atoms with Crippen molar-refractivity contribution in [2.24, 2.45) is 7.05 Å². The first-order chi connectivity index (χ1) is 8.15. The molecule has 0 unspecified atom stereocenters. The fourth-order valence-corrected chi connectivity index (χ4v) is 1.84. The number of hydrogen-bond acceptors (Lipinski definition) is 2. The van der Waals surface area contributed by atoms with Gasteiger partial charge in [0.2, 0.25) is 0 Å². The molecule has 1 aromatic heterocycles. The van der Waals surface area contributed by atoms with E-state index in [9.17, 15) is 4.79 Å². The smallest absolute Gasteiger partial charge is 0.143 e. The van der Waals surface area contributed by atoms with Gasteiger partial charge in [-0.1, -0.05) is 24.3 Å². The lowest BCUT2D eigenvalue weighted by molar-refractivity contribution is -0.117. The molecule has 0 aliphatic carbocycles. The molecule has 0 aliphatic heterocycles. The highest BCUT2D eigenvalue weighted by atomic mass is 16.1. The highest BCUT2D eigenvalue weighted by Crippen LogP contribution is 2.09. The highest BCUT2D eigenvalue weighted by Gasteiger charge is 2.08. The summed E-state index contributed by atoms with van der Waals surface area (Å²) in [6.07, 6.45) is 2.76. The Hall–Kier alpha value is -1.90. The zero-order valence-corrected chi connectivity index (χ0v) is 10.2. The van der Waals surface area contributed by atoms with Crippen molar-refractivity contribution in [2.45, 2.75) is 19.8 Å². The number of carbonyl (C=O) groups is 1. The van der Waals surface area contributed by atoms with Crippen molar-refractivity contribution in [1.82, 2.24) is 9.78 Å². The van der Waals surface area contributed by atoms with E-state index in [0.717, 1.165) is 11.3 Å². The van der Waals surface area contributed by atoms with Gasteiger partial charge in [-0.25, -0.2) is 0 Å². The van der Waals surface area contributed by atoms with Crippen molar-refractivity contribution in [1.29, 1.82) is 0 Å². The van der Waals surface area contributed by atoms with Gasteiger partial charge in [-0.15, -0.1) is 0 Å². The Labute approximate surface area is 101 Å². The second kappa shape index (κ2) is 4.95. The van der Waals surface area contributed by atoms with Crippen LogP contribution >= 0.6 is 0 Å². The van der Waals surface area contributed by atoms with Gasteiger partial charge in [-0.05, 0) is 24.1 Å². The van der Waals surface area contributed by atoms with E-state index in [-0.39, 0.29) is 5.78 Å². The van der Waals surface area contributed by atoms with E-state index in [1.54, 1.807) is 4.68 Å². The molecule has 1 aromatic carbocycles. The molecule has 2 aromatic rings. The van der Waals surface area contributed by atoms with Crippen LogP contribution in [0.4, 0.5) is 0 Å². The van der Waals surface area contributed by atoms with E-state index in [1.165, 1.54) is 5.56 Å². The van der Waals surface area contributed by atoms with Crippen LogP contribution in [0.25, 0.3) is 0 Å². The maximum absolute atomic E-state index is 11.9. The van der Waals surface area contributed by atoms with Crippen LogP contribution in [0, 0.1) is 6.92 Å². The summed E-state index contributed by atoms with van der Waals surface area (Å²) < 4.78 is 1.72. The third kappa shape index (κ3) is 3.03. The Morgan fingerprint density at radius 2 is 2.00 bits per heavy atom. The van der Waals surface area contributed by atoms with Crippen molar-refractivity contribution < 1.29 is 4.79 Å². The number of hydrogen-bond donors (Lipinski definition) is 0. The molecule has 0 aliphatic rings. The van der Waals surface area contributed by atoms with Gasteiger partial charge in [0.25, 0.3) is 0 Å². The van der Waals surface area contributed by atoms with Crippen LogP contribution in [0.15, 0.2) is 36.5 Å². The van der Waals surface area contributed by atoms with E-state index >= 15 is 0 Å². The molecule has 0 saturated heterocycles. The number of Topliss-reactive ketones (excluding diaryl/α,β-unsaturated/α-hetero) is 1. The van der Waals surface area contributed by atoms with Crippen LogP contribution < -0.4 is 0 Å². The van der Waals surface area contributed by atoms with E-state index in [0.29, 0.717) is 12.8 Å². The summed E-state index contributed by atoms with van der Waals surface area (Å²) in [4.78, 5) is 11.9. The third-order valence-corrected chi connectivity index (χ3v) is 2.80. The van der Waals surface area contributed by atoms with Crippen LogP contribution in [0.2, 0.25) is 0 Å². The van der Waals surface area contributed by atoms with E-state index in [4.69, 9.17) is 0 Å². The Bertz CT molecular complexity index is 529. The third-order valence-electron chi connectivity index (χ3n) is 2.80. The number of aromatic nitrogens is 2. The van der Waals surface area contributed by atoms with Crippen LogP contribution in [-0.2, 0) is 24.7 Å². The van der Waals surface area contributed by atoms with Gasteiger partial charge in [-0.3, -0.25) is 9.48 Å². The zero-order chi connectivity index (χ0) is 12.3. The Kier molecular flexibility index (Phi) is 3.38. The molecule has 0 N–H and O–H groups in total. The first-order valence-corrected chi connectivity index (χ1v) is 5.70. The second-order valence-corrected chi connectivity index (χ2v) is 4.30. The van der Waals surface area contributed by atoms with Crippen molar-refractivity contribution in [3.63, 3.8) is 0 Å². The summed E-state index contributed by atoms with van der Waals surface area (Å²) in [5.74, 6) is 0.206. The SMILES string of the molecule is Cc1ccccc1CC(=O)Cc1ccn(C)n1. The molecule has 3 heteroatoms. The largest absolute Gasteiger partial charge is 0.299 e. The van der Waals surface area contributed by atoms with E-state index < -0.39 is 0 Å². The van der Waals surface area contributed by atoms with Gasteiger partial charge in [0.1, 0.15) is 5.78 Å². The predicted molar refractivity (Wildman–Crippen MR) is 66.8 cm³/mol. The summed E-state index contributed by atoms with van der Waals surface area (Å²) in [6, 6.07) is 9.88. The molecule has 88 valence electrons. The lowest BCUT2D eigenvalue weighted by Gasteiger charge is -2.03. The number of carbonyl (C=O) groups excluding carboxylic acids is 1. The average Bonchev–Trinajstić information content (AvgIpc) is 2.67. The molecule has 0 saturated carbocycles. The maximum Gasteiger partial charge on any atom is 0.143 e. The minimum atomic E-state index is 0.206. The predicted octanol–water partition coefficient (Wildman–Crippen LogP) is 2.08. The molecule has 0 fully saturated rings. The Balaban J connectivity index is 2.01. The minimum absolute atomic E-state index is 0.206. The number of benzene rings is 1. The maximum atomic E-state index is 11.9. The fourth-order valence-electron chi connectivity index (χ4n) is 1.84. The monoisotopic (exact) mass is 228 g/mol. The molecule has 0 spiro atoms. The zero-order valence-electron chi connectivity index (χ0n) is 10.2. The van der Waals surface area contributed by atoms with Gasteiger partial charge in [0.05, 0.1) is 12.1 Å². The summed E-state index contributed by atoms with van der Waals surface area (Å²) >= 11 is 0. The summed E-state index contributed by atoms with van der Waals surface area (Å²) in [6.45, 7) is 2.03. The molecule has 0 atom stereocenters. The quantitative estimate of drug-likeness (QED) is 0.803. The number of rotatable bonds is 4. The van der Waals surface area contributed by atoms with Crippen molar-refractivity contribution in [2.75, 3.05) is 0 Å². The van der Waals surface area contributed by atoms with E-state index in [1.807, 2.05) is 50.5 Å².